The van der Waals surface area contributed by atoms with Gasteiger partial charge in [-0.1, -0.05) is 0 Å². The molecule has 1 rings (SSSR count). The molecule has 1 aliphatic heterocycles. The molecule has 0 aromatic carbocycles. The lowest BCUT2D eigenvalue weighted by Crippen LogP contribution is -2.36. The second-order valence-corrected chi connectivity index (χ2v) is 4.99. The van der Waals surface area contributed by atoms with Crippen molar-refractivity contribution in [3.63, 3.8) is 0 Å². The zero-order valence-electron chi connectivity index (χ0n) is 9.77. The van der Waals surface area contributed by atoms with E-state index in [2.05, 4.69) is 0 Å². The maximum Gasteiger partial charge on any atom is 0.410 e. The second kappa shape index (κ2) is 4.29. The highest BCUT2D eigenvalue weighted by Gasteiger charge is 2.39. The molecular weight excluding hydrogens is 212 g/mol. The van der Waals surface area contributed by atoms with Crippen LogP contribution in [0, 0.1) is 5.92 Å². The van der Waals surface area contributed by atoms with Crippen molar-refractivity contribution in [2.24, 2.45) is 11.7 Å². The average Bonchev–Trinajstić information content (AvgIpc) is 2.44. The van der Waals surface area contributed by atoms with Gasteiger partial charge in [-0.05, 0) is 20.8 Å². The van der Waals surface area contributed by atoms with Gasteiger partial charge in [0, 0.05) is 19.1 Å². The summed E-state index contributed by atoms with van der Waals surface area (Å²) in [6.07, 6.45) is -0.508. The van der Waals surface area contributed by atoms with Crippen molar-refractivity contribution < 1.29 is 19.4 Å². The van der Waals surface area contributed by atoms with Crippen molar-refractivity contribution in [3.05, 3.63) is 0 Å². The summed E-state index contributed by atoms with van der Waals surface area (Å²) >= 11 is 0. The number of ether oxygens (including phenoxy) is 1. The van der Waals surface area contributed by atoms with Crippen LogP contribution in [-0.2, 0) is 9.53 Å². The lowest BCUT2D eigenvalue weighted by molar-refractivity contribution is -0.141. The van der Waals surface area contributed by atoms with Crippen LogP contribution in [-0.4, -0.2) is 46.8 Å². The van der Waals surface area contributed by atoms with Crippen LogP contribution in [0.3, 0.4) is 0 Å². The summed E-state index contributed by atoms with van der Waals surface area (Å²) in [5.41, 5.74) is 5.06. The summed E-state index contributed by atoms with van der Waals surface area (Å²) in [6.45, 7) is 5.62. The fraction of sp³-hybridized carbons (Fsp3) is 0.800. The highest BCUT2D eigenvalue weighted by atomic mass is 16.6. The van der Waals surface area contributed by atoms with Crippen LogP contribution in [0.5, 0.6) is 0 Å². The molecule has 0 unspecified atom stereocenters. The zero-order valence-corrected chi connectivity index (χ0v) is 9.77. The summed E-state index contributed by atoms with van der Waals surface area (Å²) in [6, 6.07) is -0.523. The number of carboxylic acids is 1. The van der Waals surface area contributed by atoms with Gasteiger partial charge in [0.1, 0.15) is 5.60 Å². The lowest BCUT2D eigenvalue weighted by atomic mass is 10.1. The topological polar surface area (TPSA) is 92.9 Å². The molecule has 0 aromatic rings. The van der Waals surface area contributed by atoms with Crippen LogP contribution < -0.4 is 5.73 Å². The molecule has 6 nitrogen and oxygen atoms in total. The summed E-state index contributed by atoms with van der Waals surface area (Å²) < 4.78 is 5.14. The third-order valence-corrected chi connectivity index (χ3v) is 2.33. The van der Waals surface area contributed by atoms with E-state index in [4.69, 9.17) is 15.6 Å². The van der Waals surface area contributed by atoms with Crippen LogP contribution in [0.1, 0.15) is 20.8 Å². The number of amides is 1. The third kappa shape index (κ3) is 3.10. The molecule has 1 amide bonds. The Morgan fingerprint density at radius 3 is 2.31 bits per heavy atom. The van der Waals surface area contributed by atoms with Crippen LogP contribution in [0.2, 0.25) is 0 Å². The van der Waals surface area contributed by atoms with E-state index in [0.29, 0.717) is 0 Å². The number of likely N-dealkylation sites (tertiary alicyclic amines) is 1. The van der Waals surface area contributed by atoms with E-state index in [1.807, 2.05) is 0 Å². The van der Waals surface area contributed by atoms with Crippen molar-refractivity contribution in [2.45, 2.75) is 32.4 Å². The Morgan fingerprint density at radius 2 is 1.94 bits per heavy atom. The minimum Gasteiger partial charge on any atom is -0.481 e. The molecule has 3 N–H and O–H groups in total. The van der Waals surface area contributed by atoms with Gasteiger partial charge in [-0.15, -0.1) is 0 Å². The van der Waals surface area contributed by atoms with Crippen molar-refractivity contribution in [1.29, 1.82) is 0 Å². The van der Waals surface area contributed by atoms with Crippen molar-refractivity contribution in [1.82, 2.24) is 4.90 Å². The predicted molar refractivity (Wildman–Crippen MR) is 56.9 cm³/mol. The van der Waals surface area contributed by atoms with E-state index in [1.165, 1.54) is 4.90 Å². The van der Waals surface area contributed by atoms with Gasteiger partial charge in [-0.25, -0.2) is 4.79 Å². The largest absolute Gasteiger partial charge is 0.481 e. The molecule has 1 saturated heterocycles. The standard InChI is InChI=1S/C10H18N2O4/c1-10(2,3)16-9(15)12-4-6(8(13)14)7(11)5-12/h6-7H,4-5,11H2,1-3H3,(H,13,14)/t6-,7-/m1/s1. The van der Waals surface area contributed by atoms with E-state index in [9.17, 15) is 9.59 Å². The van der Waals surface area contributed by atoms with Crippen molar-refractivity contribution >= 4 is 12.1 Å². The van der Waals surface area contributed by atoms with Gasteiger partial charge >= 0.3 is 12.1 Å². The first-order valence-electron chi connectivity index (χ1n) is 5.17. The first-order valence-corrected chi connectivity index (χ1v) is 5.17. The number of carboxylic acid groups (broad SMARTS) is 1. The first kappa shape index (κ1) is 12.8. The number of hydrogen-bond donors (Lipinski definition) is 2. The summed E-state index contributed by atoms with van der Waals surface area (Å²) in [5.74, 6) is -1.67. The SMILES string of the molecule is CC(C)(C)OC(=O)N1C[C@@H](N)[C@H](C(=O)O)C1. The molecule has 1 fully saturated rings. The fourth-order valence-electron chi connectivity index (χ4n) is 1.57. The van der Waals surface area contributed by atoms with Gasteiger partial charge in [0.25, 0.3) is 0 Å². The fourth-order valence-corrected chi connectivity index (χ4v) is 1.57. The molecule has 0 aromatic heterocycles. The molecule has 92 valence electrons. The third-order valence-electron chi connectivity index (χ3n) is 2.33. The Morgan fingerprint density at radius 1 is 1.38 bits per heavy atom. The number of carbonyl (C=O) groups excluding carboxylic acids is 1. The normalized spacial score (nSPS) is 25.6. The number of rotatable bonds is 1. The number of hydrogen-bond acceptors (Lipinski definition) is 4. The van der Waals surface area contributed by atoms with E-state index < -0.39 is 29.6 Å². The molecule has 0 radical (unpaired) electrons. The van der Waals surface area contributed by atoms with Crippen LogP contribution in [0.15, 0.2) is 0 Å². The minimum absolute atomic E-state index is 0.116. The molecular formula is C10H18N2O4. The maximum atomic E-state index is 11.6. The van der Waals surface area contributed by atoms with Crippen molar-refractivity contribution in [2.75, 3.05) is 13.1 Å². The number of nitrogens with zero attached hydrogens (tertiary/aromatic N) is 1. The molecule has 6 heteroatoms. The molecule has 1 aliphatic rings. The van der Waals surface area contributed by atoms with E-state index in [0.717, 1.165) is 0 Å². The maximum absolute atomic E-state index is 11.6. The molecule has 0 saturated carbocycles. The smallest absolute Gasteiger partial charge is 0.410 e. The minimum atomic E-state index is -0.974. The Balaban J connectivity index is 2.58. The molecule has 2 atom stereocenters. The quantitative estimate of drug-likeness (QED) is 0.674. The van der Waals surface area contributed by atoms with Gasteiger partial charge in [0.15, 0.2) is 0 Å². The summed E-state index contributed by atoms with van der Waals surface area (Å²) in [4.78, 5) is 23.8. The Labute approximate surface area is 94.3 Å². The number of aliphatic carboxylic acids is 1. The zero-order chi connectivity index (χ0) is 12.5. The first-order chi connectivity index (χ1) is 7.20. The van der Waals surface area contributed by atoms with Gasteiger partial charge < -0.3 is 20.5 Å². The molecule has 0 aliphatic carbocycles. The Hall–Kier alpha value is -1.30. The van der Waals surface area contributed by atoms with E-state index in [1.54, 1.807) is 20.8 Å². The monoisotopic (exact) mass is 230 g/mol. The summed E-state index contributed by atoms with van der Waals surface area (Å²) in [5, 5.41) is 8.86. The highest BCUT2D eigenvalue weighted by Crippen LogP contribution is 2.18. The molecule has 0 bridgehead atoms. The van der Waals surface area contributed by atoms with E-state index in [-0.39, 0.29) is 13.1 Å². The number of carbonyl (C=O) groups is 2. The Kier molecular flexibility index (Phi) is 3.42. The molecule has 16 heavy (non-hydrogen) atoms. The Bertz CT molecular complexity index is 298. The summed E-state index contributed by atoms with van der Waals surface area (Å²) in [7, 11) is 0. The van der Waals surface area contributed by atoms with Gasteiger partial charge in [0.2, 0.25) is 0 Å². The molecule has 1 heterocycles. The van der Waals surface area contributed by atoms with Gasteiger partial charge in [-0.3, -0.25) is 4.79 Å². The number of nitrogens with two attached hydrogens (primary N) is 1. The average molecular weight is 230 g/mol. The van der Waals surface area contributed by atoms with E-state index >= 15 is 0 Å². The van der Waals surface area contributed by atoms with Crippen molar-refractivity contribution in [3.8, 4) is 0 Å². The van der Waals surface area contributed by atoms with Crippen LogP contribution in [0.25, 0.3) is 0 Å². The lowest BCUT2D eigenvalue weighted by Gasteiger charge is -2.24. The highest BCUT2D eigenvalue weighted by molar-refractivity contribution is 5.75. The second-order valence-electron chi connectivity index (χ2n) is 4.99. The van der Waals surface area contributed by atoms with Crippen LogP contribution >= 0.6 is 0 Å². The van der Waals surface area contributed by atoms with Gasteiger partial charge in [0.05, 0.1) is 5.92 Å². The molecule has 0 spiro atoms. The predicted octanol–water partition coefficient (Wildman–Crippen LogP) is 0.265. The van der Waals surface area contributed by atoms with Crippen LogP contribution in [0.4, 0.5) is 4.79 Å². The van der Waals surface area contributed by atoms with Gasteiger partial charge in [-0.2, -0.15) is 0 Å².